The molecule has 0 aromatic carbocycles. The molecule has 0 aromatic rings. The highest BCUT2D eigenvalue weighted by molar-refractivity contribution is 5.84. The maximum Gasteiger partial charge on any atom is 0.237 e. The first-order valence-corrected chi connectivity index (χ1v) is 7.25. The first-order valence-electron chi connectivity index (χ1n) is 7.25. The molecule has 0 saturated heterocycles. The highest BCUT2D eigenvalue weighted by Gasteiger charge is 2.37. The Morgan fingerprint density at radius 3 is 2.50 bits per heavy atom. The van der Waals surface area contributed by atoms with Crippen LogP contribution in [0.5, 0.6) is 0 Å². The van der Waals surface area contributed by atoms with Gasteiger partial charge in [0.25, 0.3) is 0 Å². The van der Waals surface area contributed by atoms with Gasteiger partial charge in [-0.15, -0.1) is 0 Å². The molecular weight excluding hydrogens is 226 g/mol. The van der Waals surface area contributed by atoms with Gasteiger partial charge in [-0.2, -0.15) is 0 Å². The molecule has 4 nitrogen and oxygen atoms in total. The van der Waals surface area contributed by atoms with Crippen molar-refractivity contribution in [1.82, 2.24) is 10.2 Å². The molecule has 2 unspecified atom stereocenters. The van der Waals surface area contributed by atoms with Crippen molar-refractivity contribution in [1.29, 1.82) is 0 Å². The molecule has 1 aliphatic carbocycles. The van der Waals surface area contributed by atoms with Crippen molar-refractivity contribution in [2.24, 2.45) is 5.73 Å². The van der Waals surface area contributed by atoms with E-state index in [-0.39, 0.29) is 5.91 Å². The molecule has 18 heavy (non-hydrogen) atoms. The lowest BCUT2D eigenvalue weighted by Gasteiger charge is -2.36. The number of nitrogens with zero attached hydrogens (tertiary/aromatic N) is 1. The van der Waals surface area contributed by atoms with Gasteiger partial charge in [-0.05, 0) is 52.6 Å². The molecule has 1 saturated carbocycles. The molecule has 2 atom stereocenters. The summed E-state index contributed by atoms with van der Waals surface area (Å²) in [7, 11) is 0. The van der Waals surface area contributed by atoms with E-state index in [9.17, 15) is 4.79 Å². The summed E-state index contributed by atoms with van der Waals surface area (Å²) in [6.07, 6.45) is 4.56. The Morgan fingerprint density at radius 1 is 1.50 bits per heavy atom. The zero-order valence-corrected chi connectivity index (χ0v) is 12.3. The third-order valence-corrected chi connectivity index (χ3v) is 3.88. The second-order valence-electron chi connectivity index (χ2n) is 5.75. The zero-order valence-electron chi connectivity index (χ0n) is 12.3. The van der Waals surface area contributed by atoms with Crippen LogP contribution in [-0.2, 0) is 4.79 Å². The van der Waals surface area contributed by atoms with Crippen LogP contribution in [0, 0.1) is 0 Å². The van der Waals surface area contributed by atoms with Crippen LogP contribution >= 0.6 is 0 Å². The van der Waals surface area contributed by atoms with Crippen LogP contribution in [0.3, 0.4) is 0 Å². The topological polar surface area (TPSA) is 58.4 Å². The molecule has 0 bridgehead atoms. The monoisotopic (exact) mass is 255 g/mol. The van der Waals surface area contributed by atoms with Crippen molar-refractivity contribution < 1.29 is 4.79 Å². The summed E-state index contributed by atoms with van der Waals surface area (Å²) < 4.78 is 0. The van der Waals surface area contributed by atoms with Crippen molar-refractivity contribution in [3.8, 4) is 0 Å². The maximum absolute atomic E-state index is 11.7. The van der Waals surface area contributed by atoms with Crippen LogP contribution in [0.2, 0.25) is 0 Å². The van der Waals surface area contributed by atoms with Crippen LogP contribution < -0.4 is 11.1 Å². The largest absolute Gasteiger partial charge is 0.368 e. The lowest BCUT2D eigenvalue weighted by molar-refractivity contribution is -0.124. The molecule has 4 heteroatoms. The molecule has 1 fully saturated rings. The van der Waals surface area contributed by atoms with Gasteiger partial charge in [0.2, 0.25) is 5.91 Å². The summed E-state index contributed by atoms with van der Waals surface area (Å²) in [6, 6.07) is 1.13. The van der Waals surface area contributed by atoms with E-state index in [0.29, 0.717) is 6.04 Å². The fourth-order valence-electron chi connectivity index (χ4n) is 2.79. The summed E-state index contributed by atoms with van der Waals surface area (Å²) in [5, 5.41) is 3.24. The van der Waals surface area contributed by atoms with Crippen molar-refractivity contribution in [3.05, 3.63) is 0 Å². The summed E-state index contributed by atoms with van der Waals surface area (Å²) in [6.45, 7) is 10.2. The molecule has 1 amide bonds. The van der Waals surface area contributed by atoms with Gasteiger partial charge in [0.05, 0.1) is 5.54 Å². The molecule has 0 heterocycles. The molecule has 106 valence electrons. The van der Waals surface area contributed by atoms with Gasteiger partial charge >= 0.3 is 0 Å². The SMILES string of the molecule is CCCN(C(C)CC(C)(NCC)C(N)=O)C1CC1. The lowest BCUT2D eigenvalue weighted by Crippen LogP contribution is -2.56. The molecule has 0 spiro atoms. The van der Waals surface area contributed by atoms with Crippen LogP contribution in [0.15, 0.2) is 0 Å². The fourth-order valence-corrected chi connectivity index (χ4v) is 2.79. The summed E-state index contributed by atoms with van der Waals surface area (Å²) in [5.74, 6) is -0.247. The Hall–Kier alpha value is -0.610. The van der Waals surface area contributed by atoms with Crippen LogP contribution in [0.1, 0.15) is 53.4 Å². The van der Waals surface area contributed by atoms with E-state index >= 15 is 0 Å². The lowest BCUT2D eigenvalue weighted by atomic mass is 9.91. The number of primary amides is 1. The van der Waals surface area contributed by atoms with Gasteiger partial charge in [-0.1, -0.05) is 13.8 Å². The van der Waals surface area contributed by atoms with E-state index in [2.05, 4.69) is 24.1 Å². The smallest absolute Gasteiger partial charge is 0.237 e. The predicted octanol–water partition coefficient (Wildman–Crippen LogP) is 1.49. The normalized spacial score (nSPS) is 20.7. The van der Waals surface area contributed by atoms with E-state index in [1.165, 1.54) is 12.8 Å². The minimum atomic E-state index is -0.588. The number of carbonyl (C=O) groups is 1. The van der Waals surface area contributed by atoms with Crippen molar-refractivity contribution in [2.45, 2.75) is 71.0 Å². The maximum atomic E-state index is 11.7. The Balaban J connectivity index is 2.63. The molecule has 1 rings (SSSR count). The third-order valence-electron chi connectivity index (χ3n) is 3.88. The van der Waals surface area contributed by atoms with Crippen LogP contribution in [0.25, 0.3) is 0 Å². The highest BCUT2D eigenvalue weighted by atomic mass is 16.1. The number of carbonyl (C=O) groups excluding carboxylic acids is 1. The number of nitrogens with one attached hydrogen (secondary N) is 1. The van der Waals surface area contributed by atoms with Gasteiger partial charge in [0, 0.05) is 12.1 Å². The minimum absolute atomic E-state index is 0.247. The summed E-state index contributed by atoms with van der Waals surface area (Å²) in [4.78, 5) is 14.2. The van der Waals surface area contributed by atoms with Gasteiger partial charge in [0.1, 0.15) is 0 Å². The van der Waals surface area contributed by atoms with E-state index in [1.807, 2.05) is 13.8 Å². The molecule has 3 N–H and O–H groups in total. The first kappa shape index (κ1) is 15.4. The van der Waals surface area contributed by atoms with Crippen molar-refractivity contribution in [2.75, 3.05) is 13.1 Å². The standard InChI is InChI=1S/C14H29N3O/c1-5-9-17(12-7-8-12)11(3)10-14(4,13(15)18)16-6-2/h11-12,16H,5-10H2,1-4H3,(H2,15,18). The fraction of sp³-hybridized carbons (Fsp3) is 0.929. The second-order valence-corrected chi connectivity index (χ2v) is 5.75. The van der Waals surface area contributed by atoms with E-state index in [1.54, 1.807) is 0 Å². The Bertz CT molecular complexity index is 278. The van der Waals surface area contributed by atoms with Gasteiger partial charge in [0.15, 0.2) is 0 Å². The number of likely N-dealkylation sites (N-methyl/N-ethyl adjacent to an activating group) is 1. The molecule has 0 aliphatic heterocycles. The Morgan fingerprint density at radius 2 is 2.11 bits per heavy atom. The molecule has 1 aliphatic rings. The number of rotatable bonds is 9. The van der Waals surface area contributed by atoms with E-state index < -0.39 is 5.54 Å². The Labute approximate surface area is 111 Å². The molecule has 0 radical (unpaired) electrons. The average molecular weight is 255 g/mol. The van der Waals surface area contributed by atoms with Gasteiger partial charge in [-0.25, -0.2) is 0 Å². The summed E-state index contributed by atoms with van der Waals surface area (Å²) in [5.41, 5.74) is 4.96. The van der Waals surface area contributed by atoms with Crippen LogP contribution in [-0.4, -0.2) is 41.5 Å². The van der Waals surface area contributed by atoms with Gasteiger partial charge in [-0.3, -0.25) is 9.69 Å². The van der Waals surface area contributed by atoms with E-state index in [0.717, 1.165) is 32.0 Å². The molecular formula is C14H29N3O. The van der Waals surface area contributed by atoms with Crippen LogP contribution in [0.4, 0.5) is 0 Å². The predicted molar refractivity (Wildman–Crippen MR) is 75.4 cm³/mol. The highest BCUT2D eigenvalue weighted by Crippen LogP contribution is 2.31. The number of hydrogen-bond acceptors (Lipinski definition) is 3. The number of nitrogens with two attached hydrogens (primary N) is 1. The average Bonchev–Trinajstić information content (AvgIpc) is 3.09. The zero-order chi connectivity index (χ0) is 13.8. The second kappa shape index (κ2) is 6.53. The van der Waals surface area contributed by atoms with Gasteiger partial charge < -0.3 is 11.1 Å². The quantitative estimate of drug-likeness (QED) is 0.656. The molecule has 0 aromatic heterocycles. The van der Waals surface area contributed by atoms with Crippen molar-refractivity contribution >= 4 is 5.91 Å². The first-order chi connectivity index (χ1) is 8.44. The van der Waals surface area contributed by atoms with Crippen molar-refractivity contribution in [3.63, 3.8) is 0 Å². The minimum Gasteiger partial charge on any atom is -0.368 e. The Kier molecular flexibility index (Phi) is 5.60. The van der Waals surface area contributed by atoms with E-state index in [4.69, 9.17) is 5.73 Å². The number of hydrogen-bond donors (Lipinski definition) is 2. The number of amides is 1. The summed E-state index contributed by atoms with van der Waals surface area (Å²) >= 11 is 0. The third kappa shape index (κ3) is 3.95.